The third-order valence-electron chi connectivity index (χ3n) is 1.51. The Morgan fingerprint density at radius 1 is 1.58 bits per heavy atom. The average molecular weight is 181 g/mol. The Morgan fingerprint density at radius 2 is 2.33 bits per heavy atom. The number of halogens is 1. The SMILES string of the molecule is CCCc1cc(Cl)nc(C#N)c1. The van der Waals surface area contributed by atoms with E-state index in [0.29, 0.717) is 10.8 Å². The summed E-state index contributed by atoms with van der Waals surface area (Å²) in [5.74, 6) is 0. The zero-order chi connectivity index (χ0) is 8.97. The molecule has 0 aromatic carbocycles. The zero-order valence-electron chi connectivity index (χ0n) is 6.84. The van der Waals surface area contributed by atoms with E-state index in [2.05, 4.69) is 11.9 Å². The Morgan fingerprint density at radius 3 is 2.92 bits per heavy atom. The van der Waals surface area contributed by atoms with Crippen molar-refractivity contribution < 1.29 is 0 Å². The van der Waals surface area contributed by atoms with Crippen molar-refractivity contribution in [2.75, 3.05) is 0 Å². The van der Waals surface area contributed by atoms with Gasteiger partial charge in [0.15, 0.2) is 0 Å². The lowest BCUT2D eigenvalue weighted by Gasteiger charge is -1.98. The summed E-state index contributed by atoms with van der Waals surface area (Å²) in [7, 11) is 0. The molecule has 0 unspecified atom stereocenters. The van der Waals surface area contributed by atoms with Crippen LogP contribution in [0, 0.1) is 11.3 Å². The van der Waals surface area contributed by atoms with E-state index in [1.54, 1.807) is 12.1 Å². The molecule has 1 aromatic heterocycles. The molecule has 0 N–H and O–H groups in total. The van der Waals surface area contributed by atoms with Crippen LogP contribution in [0.4, 0.5) is 0 Å². The summed E-state index contributed by atoms with van der Waals surface area (Å²) in [6.07, 6.45) is 1.99. The molecule has 62 valence electrons. The molecule has 0 spiro atoms. The van der Waals surface area contributed by atoms with Crippen molar-refractivity contribution in [3.63, 3.8) is 0 Å². The van der Waals surface area contributed by atoms with E-state index in [9.17, 15) is 0 Å². The summed E-state index contributed by atoms with van der Waals surface area (Å²) < 4.78 is 0. The van der Waals surface area contributed by atoms with Gasteiger partial charge in [0, 0.05) is 0 Å². The lowest BCUT2D eigenvalue weighted by molar-refractivity contribution is 0.917. The van der Waals surface area contributed by atoms with Gasteiger partial charge in [-0.25, -0.2) is 4.98 Å². The molecule has 0 saturated heterocycles. The smallest absolute Gasteiger partial charge is 0.142 e. The van der Waals surface area contributed by atoms with Gasteiger partial charge in [0.1, 0.15) is 16.9 Å². The van der Waals surface area contributed by atoms with Gasteiger partial charge in [0.2, 0.25) is 0 Å². The second-order valence-corrected chi connectivity index (χ2v) is 2.93. The Hall–Kier alpha value is -1.07. The molecule has 0 amide bonds. The van der Waals surface area contributed by atoms with E-state index >= 15 is 0 Å². The number of hydrogen-bond acceptors (Lipinski definition) is 2. The summed E-state index contributed by atoms with van der Waals surface area (Å²) in [4.78, 5) is 3.84. The van der Waals surface area contributed by atoms with E-state index in [1.165, 1.54) is 0 Å². The number of aromatic nitrogens is 1. The molecule has 0 fully saturated rings. The van der Waals surface area contributed by atoms with Crippen LogP contribution in [0.2, 0.25) is 5.15 Å². The summed E-state index contributed by atoms with van der Waals surface area (Å²) in [6, 6.07) is 5.54. The first kappa shape index (κ1) is 9.02. The van der Waals surface area contributed by atoms with Crippen LogP contribution in [0.1, 0.15) is 24.6 Å². The van der Waals surface area contributed by atoms with E-state index in [0.717, 1.165) is 18.4 Å². The minimum Gasteiger partial charge on any atom is -0.225 e. The van der Waals surface area contributed by atoms with Gasteiger partial charge in [-0.3, -0.25) is 0 Å². The van der Waals surface area contributed by atoms with Gasteiger partial charge < -0.3 is 0 Å². The number of hydrogen-bond donors (Lipinski definition) is 0. The lowest BCUT2D eigenvalue weighted by Crippen LogP contribution is -1.89. The van der Waals surface area contributed by atoms with E-state index < -0.39 is 0 Å². The molecule has 1 rings (SSSR count). The van der Waals surface area contributed by atoms with Crippen LogP contribution in [0.15, 0.2) is 12.1 Å². The molecule has 0 atom stereocenters. The first-order valence-corrected chi connectivity index (χ1v) is 4.20. The Labute approximate surface area is 76.8 Å². The molecule has 0 aliphatic rings. The van der Waals surface area contributed by atoms with Crippen LogP contribution in [0.5, 0.6) is 0 Å². The van der Waals surface area contributed by atoms with Crippen molar-refractivity contribution in [2.45, 2.75) is 19.8 Å². The van der Waals surface area contributed by atoms with Crippen LogP contribution in [0.25, 0.3) is 0 Å². The topological polar surface area (TPSA) is 36.7 Å². The first-order valence-electron chi connectivity index (χ1n) is 3.83. The predicted octanol–water partition coefficient (Wildman–Crippen LogP) is 2.56. The van der Waals surface area contributed by atoms with Gasteiger partial charge in [-0.1, -0.05) is 24.9 Å². The number of rotatable bonds is 2. The van der Waals surface area contributed by atoms with E-state index in [-0.39, 0.29) is 0 Å². The van der Waals surface area contributed by atoms with Crippen molar-refractivity contribution >= 4 is 11.6 Å². The zero-order valence-corrected chi connectivity index (χ0v) is 7.60. The highest BCUT2D eigenvalue weighted by atomic mass is 35.5. The molecular weight excluding hydrogens is 172 g/mol. The van der Waals surface area contributed by atoms with Crippen molar-refractivity contribution in [1.29, 1.82) is 5.26 Å². The van der Waals surface area contributed by atoms with Gasteiger partial charge in [-0.2, -0.15) is 5.26 Å². The highest BCUT2D eigenvalue weighted by Gasteiger charge is 1.98. The minimum absolute atomic E-state index is 0.394. The van der Waals surface area contributed by atoms with Crippen LogP contribution >= 0.6 is 11.6 Å². The molecule has 3 heteroatoms. The molecular formula is C9H9ClN2. The van der Waals surface area contributed by atoms with Crippen LogP contribution in [-0.4, -0.2) is 4.98 Å². The summed E-state index contributed by atoms with van der Waals surface area (Å²) in [6.45, 7) is 2.08. The monoisotopic (exact) mass is 180 g/mol. The van der Waals surface area contributed by atoms with Crippen molar-refractivity contribution in [2.24, 2.45) is 0 Å². The van der Waals surface area contributed by atoms with Gasteiger partial charge in [-0.15, -0.1) is 0 Å². The largest absolute Gasteiger partial charge is 0.225 e. The Kier molecular flexibility index (Phi) is 3.07. The maximum absolute atomic E-state index is 8.58. The summed E-state index contributed by atoms with van der Waals surface area (Å²) in [5, 5.41) is 8.98. The minimum atomic E-state index is 0.394. The Bertz CT molecular complexity index is 315. The number of nitrogens with zero attached hydrogens (tertiary/aromatic N) is 2. The molecule has 12 heavy (non-hydrogen) atoms. The quantitative estimate of drug-likeness (QED) is 0.656. The third-order valence-corrected chi connectivity index (χ3v) is 1.70. The van der Waals surface area contributed by atoms with Crippen LogP contribution in [-0.2, 0) is 6.42 Å². The first-order chi connectivity index (χ1) is 5.76. The van der Waals surface area contributed by atoms with Gasteiger partial charge >= 0.3 is 0 Å². The molecule has 1 heterocycles. The summed E-state index contributed by atoms with van der Waals surface area (Å²) >= 11 is 5.70. The van der Waals surface area contributed by atoms with Gasteiger partial charge in [-0.05, 0) is 24.1 Å². The maximum Gasteiger partial charge on any atom is 0.142 e. The average Bonchev–Trinajstić information content (AvgIpc) is 2.04. The van der Waals surface area contributed by atoms with Crippen molar-refractivity contribution in [3.8, 4) is 6.07 Å². The number of pyridine rings is 1. The molecule has 0 aliphatic heterocycles. The second kappa shape index (κ2) is 4.08. The third kappa shape index (κ3) is 2.21. The van der Waals surface area contributed by atoms with Crippen molar-refractivity contribution in [1.82, 2.24) is 4.98 Å². The predicted molar refractivity (Wildman–Crippen MR) is 48.0 cm³/mol. The molecule has 0 radical (unpaired) electrons. The standard InChI is InChI=1S/C9H9ClN2/c1-2-3-7-4-8(6-11)12-9(10)5-7/h4-5H,2-3H2,1H3. The fourth-order valence-corrected chi connectivity index (χ4v) is 1.27. The van der Waals surface area contributed by atoms with Crippen LogP contribution < -0.4 is 0 Å². The van der Waals surface area contributed by atoms with E-state index in [4.69, 9.17) is 16.9 Å². The summed E-state index contributed by atoms with van der Waals surface area (Å²) in [5.41, 5.74) is 1.47. The number of aryl methyl sites for hydroxylation is 1. The molecule has 0 saturated carbocycles. The normalized spacial score (nSPS) is 9.42. The van der Waals surface area contributed by atoms with Gasteiger partial charge in [0.25, 0.3) is 0 Å². The fraction of sp³-hybridized carbons (Fsp3) is 0.333. The van der Waals surface area contributed by atoms with Gasteiger partial charge in [0.05, 0.1) is 0 Å². The highest BCUT2D eigenvalue weighted by molar-refractivity contribution is 6.29. The molecule has 0 bridgehead atoms. The van der Waals surface area contributed by atoms with Crippen molar-refractivity contribution in [3.05, 3.63) is 28.5 Å². The maximum atomic E-state index is 8.58. The number of nitriles is 1. The Balaban J connectivity index is 3.00. The lowest BCUT2D eigenvalue weighted by atomic mass is 10.1. The molecule has 1 aromatic rings. The molecule has 0 aliphatic carbocycles. The van der Waals surface area contributed by atoms with Crippen LogP contribution in [0.3, 0.4) is 0 Å². The highest BCUT2D eigenvalue weighted by Crippen LogP contribution is 2.11. The fourth-order valence-electron chi connectivity index (χ4n) is 1.04. The molecule has 2 nitrogen and oxygen atoms in total. The van der Waals surface area contributed by atoms with E-state index in [1.807, 2.05) is 6.07 Å². The second-order valence-electron chi connectivity index (χ2n) is 2.55.